The van der Waals surface area contributed by atoms with Gasteiger partial charge in [-0.25, -0.2) is 4.79 Å². The Hall–Kier alpha value is -1.75. The summed E-state index contributed by atoms with van der Waals surface area (Å²) in [6.45, 7) is -1.13. The fraction of sp³-hybridized carbons (Fsp3) is 0.429. The molecule has 0 saturated carbocycles. The second-order valence-corrected chi connectivity index (χ2v) is 5.25. The van der Waals surface area contributed by atoms with Crippen LogP contribution in [-0.2, 0) is 11.2 Å². The Bertz CT molecular complexity index is 654. The Morgan fingerprint density at radius 3 is 2.55 bits per heavy atom. The summed E-state index contributed by atoms with van der Waals surface area (Å²) >= 11 is 5.65. The number of carbonyl (C=O) groups excluding carboxylic acids is 1. The third-order valence-electron chi connectivity index (χ3n) is 2.03. The molecule has 110 valence electrons. The molecule has 0 fully saturated rings. The maximum absolute atomic E-state index is 12.3. The molecule has 1 amide bonds. The van der Waals surface area contributed by atoms with Crippen LogP contribution in [0, 0.1) is 0 Å². The minimum Gasteiger partial charge on any atom is -0.444 e. The quantitative estimate of drug-likeness (QED) is 0.528. The minimum atomic E-state index is -3.07. The van der Waals surface area contributed by atoms with Crippen molar-refractivity contribution in [2.75, 3.05) is 6.98 Å². The molecule has 0 bridgehead atoms. The molecule has 1 N–H and O–H groups in total. The molecule has 0 spiro atoms. The van der Waals surface area contributed by atoms with E-state index in [0.717, 1.165) is 0 Å². The number of hydrogen-bond donors (Lipinski definition) is 1. The van der Waals surface area contributed by atoms with Crippen LogP contribution in [-0.4, -0.2) is 33.9 Å². The molecule has 0 unspecified atom stereocenters. The molecule has 1 aromatic rings. The van der Waals surface area contributed by atoms with Gasteiger partial charge in [0.25, 0.3) is 0 Å². The molecule has 0 aliphatic carbocycles. The van der Waals surface area contributed by atoms with Gasteiger partial charge >= 0.3 is 6.09 Å². The van der Waals surface area contributed by atoms with E-state index in [1.54, 1.807) is 20.8 Å². The number of amides is 1. The molecule has 1 aromatic carbocycles. The van der Waals surface area contributed by atoms with Gasteiger partial charge in [-0.2, -0.15) is 0 Å². The standard InChI is InChI=1S/C14H19ClN2O3/c1-14(2,3)20-13(18)17(4)9-10-5-7-11(8-6-10)12(15)16-19/h5-8,19H,9H2,1-4H3/b16-12-/i4D3,9D2. The van der Waals surface area contributed by atoms with Crippen molar-refractivity contribution in [3.8, 4) is 0 Å². The molecule has 0 saturated heterocycles. The zero-order valence-corrected chi connectivity index (χ0v) is 12.1. The summed E-state index contributed by atoms with van der Waals surface area (Å²) < 4.78 is 43.9. The molecule has 0 atom stereocenters. The molecule has 20 heavy (non-hydrogen) atoms. The van der Waals surface area contributed by atoms with Crippen LogP contribution in [0.5, 0.6) is 0 Å². The van der Waals surface area contributed by atoms with Gasteiger partial charge in [0.2, 0.25) is 0 Å². The Balaban J connectivity index is 3.30. The summed E-state index contributed by atoms with van der Waals surface area (Å²) in [5, 5.41) is 11.2. The van der Waals surface area contributed by atoms with E-state index >= 15 is 0 Å². The fourth-order valence-electron chi connectivity index (χ4n) is 1.22. The van der Waals surface area contributed by atoms with Crippen molar-refractivity contribution in [1.29, 1.82) is 0 Å². The zero-order valence-electron chi connectivity index (χ0n) is 16.3. The van der Waals surface area contributed by atoms with Gasteiger partial charge in [-0.05, 0) is 26.3 Å². The van der Waals surface area contributed by atoms with Crippen LogP contribution in [0.2, 0.25) is 0 Å². The van der Waals surface area contributed by atoms with E-state index in [9.17, 15) is 4.79 Å². The van der Waals surface area contributed by atoms with Crippen LogP contribution in [0.3, 0.4) is 0 Å². The Morgan fingerprint density at radius 2 is 2.10 bits per heavy atom. The number of halogens is 1. The minimum absolute atomic E-state index is 0.0714. The lowest BCUT2D eigenvalue weighted by molar-refractivity contribution is 0.0285. The fourth-order valence-corrected chi connectivity index (χ4v) is 1.35. The van der Waals surface area contributed by atoms with E-state index in [1.807, 2.05) is 0 Å². The third-order valence-corrected chi connectivity index (χ3v) is 2.32. The van der Waals surface area contributed by atoms with E-state index in [2.05, 4.69) is 5.16 Å². The SMILES string of the molecule is [2H]C([2H])([2H])N(C(=O)OC(C)(C)C)C([2H])([2H])c1ccc(/C(Cl)=N/O)cc1. The van der Waals surface area contributed by atoms with E-state index in [0.29, 0.717) is 5.56 Å². The predicted molar refractivity (Wildman–Crippen MR) is 78.3 cm³/mol. The average Bonchev–Trinajstić information content (AvgIpc) is 2.42. The summed E-state index contributed by atoms with van der Waals surface area (Å²) in [6.07, 6.45) is -1.31. The molecule has 6 heteroatoms. The van der Waals surface area contributed by atoms with E-state index < -0.39 is 25.2 Å². The van der Waals surface area contributed by atoms with E-state index in [1.165, 1.54) is 24.3 Å². The first kappa shape index (κ1) is 10.0. The van der Waals surface area contributed by atoms with Gasteiger partial charge < -0.3 is 14.8 Å². The highest BCUT2D eigenvalue weighted by molar-refractivity contribution is 6.69. The van der Waals surface area contributed by atoms with Gasteiger partial charge in [0.1, 0.15) is 5.60 Å². The molecule has 5 nitrogen and oxygen atoms in total. The van der Waals surface area contributed by atoms with Crippen molar-refractivity contribution in [1.82, 2.24) is 4.90 Å². The number of nitrogens with zero attached hydrogens (tertiary/aromatic N) is 2. The normalized spacial score (nSPS) is 17.2. The van der Waals surface area contributed by atoms with Crippen LogP contribution < -0.4 is 0 Å². The van der Waals surface area contributed by atoms with Crippen molar-refractivity contribution < 1.29 is 21.6 Å². The van der Waals surface area contributed by atoms with Crippen molar-refractivity contribution >= 4 is 22.9 Å². The largest absolute Gasteiger partial charge is 0.444 e. The molecule has 0 radical (unpaired) electrons. The maximum atomic E-state index is 12.3. The first-order chi connectivity index (χ1) is 11.2. The van der Waals surface area contributed by atoms with Crippen LogP contribution in [0.15, 0.2) is 29.4 Å². The maximum Gasteiger partial charge on any atom is 0.410 e. The highest BCUT2D eigenvalue weighted by Crippen LogP contribution is 2.13. The van der Waals surface area contributed by atoms with Crippen LogP contribution in [0.25, 0.3) is 0 Å². The van der Waals surface area contributed by atoms with Crippen molar-refractivity contribution in [2.24, 2.45) is 5.16 Å². The zero-order chi connectivity index (χ0) is 19.6. The number of rotatable bonds is 3. The second-order valence-electron chi connectivity index (χ2n) is 4.90. The molecule has 1 rings (SSSR count). The topological polar surface area (TPSA) is 62.1 Å². The van der Waals surface area contributed by atoms with Gasteiger partial charge in [0.05, 0.1) is 2.74 Å². The van der Waals surface area contributed by atoms with Gasteiger partial charge in [-0.15, -0.1) is 0 Å². The van der Waals surface area contributed by atoms with Crippen LogP contribution >= 0.6 is 11.6 Å². The highest BCUT2D eigenvalue weighted by atomic mass is 35.5. The molecule has 0 aliphatic rings. The van der Waals surface area contributed by atoms with Crippen molar-refractivity contribution in [3.05, 3.63) is 35.4 Å². The first-order valence-electron chi connectivity index (χ1n) is 8.22. The molecular weight excluding hydrogens is 280 g/mol. The lowest BCUT2D eigenvalue weighted by atomic mass is 10.1. The number of hydrogen-bond acceptors (Lipinski definition) is 4. The molecule has 0 aliphatic heterocycles. The molecular formula is C14H19ClN2O3. The van der Waals surface area contributed by atoms with Crippen molar-refractivity contribution in [3.63, 3.8) is 0 Å². The summed E-state index contributed by atoms with van der Waals surface area (Å²) in [5.74, 6) is 0. The predicted octanol–water partition coefficient (Wildman–Crippen LogP) is 3.43. The smallest absolute Gasteiger partial charge is 0.410 e. The van der Waals surface area contributed by atoms with Crippen molar-refractivity contribution in [2.45, 2.75) is 32.9 Å². The van der Waals surface area contributed by atoms with Gasteiger partial charge in [-0.3, -0.25) is 0 Å². The van der Waals surface area contributed by atoms with Gasteiger partial charge in [0.15, 0.2) is 5.17 Å². The third kappa shape index (κ3) is 5.09. The lowest BCUT2D eigenvalue weighted by Gasteiger charge is -2.24. The number of benzene rings is 1. The van der Waals surface area contributed by atoms with Gasteiger partial charge in [-0.1, -0.05) is 41.0 Å². The summed E-state index contributed by atoms with van der Waals surface area (Å²) in [5.41, 5.74) is -0.812. The summed E-state index contributed by atoms with van der Waals surface area (Å²) in [7, 11) is 0. The lowest BCUT2D eigenvalue weighted by Crippen LogP contribution is -2.33. The number of ether oxygens (including phenoxy) is 1. The van der Waals surface area contributed by atoms with Crippen LogP contribution in [0.1, 0.15) is 38.8 Å². The highest BCUT2D eigenvalue weighted by Gasteiger charge is 2.19. The Labute approximate surface area is 130 Å². The summed E-state index contributed by atoms with van der Waals surface area (Å²) in [6, 6.07) is 5.15. The van der Waals surface area contributed by atoms with Crippen LogP contribution in [0.4, 0.5) is 4.79 Å². The Morgan fingerprint density at radius 1 is 1.50 bits per heavy atom. The first-order valence-corrected chi connectivity index (χ1v) is 6.10. The van der Waals surface area contributed by atoms with Gasteiger partial charge in [0, 0.05) is 23.1 Å². The molecule has 0 heterocycles. The van der Waals surface area contributed by atoms with E-state index in [4.69, 9.17) is 28.4 Å². The number of oxime groups is 1. The molecule has 0 aromatic heterocycles. The monoisotopic (exact) mass is 303 g/mol. The second kappa shape index (κ2) is 6.61. The number of carbonyl (C=O) groups is 1. The van der Waals surface area contributed by atoms with E-state index in [-0.39, 0.29) is 15.6 Å². The summed E-state index contributed by atoms with van der Waals surface area (Å²) in [4.78, 5) is 12.3. The Kier molecular flexibility index (Phi) is 3.32. The average molecular weight is 304 g/mol.